The number of aromatic nitrogens is 3. The van der Waals surface area contributed by atoms with Gasteiger partial charge in [-0.25, -0.2) is 14.8 Å². The summed E-state index contributed by atoms with van der Waals surface area (Å²) in [5.41, 5.74) is 9.04. The van der Waals surface area contributed by atoms with Crippen LogP contribution in [0.2, 0.25) is 0 Å². The molecule has 0 aliphatic carbocycles. The van der Waals surface area contributed by atoms with Gasteiger partial charge in [-0.2, -0.15) is 0 Å². The molecule has 0 radical (unpaired) electrons. The molecule has 1 aromatic carbocycles. The number of ether oxygens (including phenoxy) is 1. The van der Waals surface area contributed by atoms with Crippen molar-refractivity contribution >= 4 is 34.3 Å². The van der Waals surface area contributed by atoms with Crippen molar-refractivity contribution < 1.29 is 9.53 Å². The Balaban J connectivity index is 1.50. The number of hydrogen-bond donors (Lipinski definition) is 2. The molecule has 4 rings (SSSR count). The van der Waals surface area contributed by atoms with Gasteiger partial charge in [0.15, 0.2) is 0 Å². The molecule has 3 aromatic rings. The van der Waals surface area contributed by atoms with Crippen LogP contribution in [0.3, 0.4) is 0 Å². The minimum absolute atomic E-state index is 0.240. The Morgan fingerprint density at radius 3 is 2.61 bits per heavy atom. The van der Waals surface area contributed by atoms with Crippen LogP contribution in [0, 0.1) is 6.92 Å². The van der Waals surface area contributed by atoms with E-state index in [-0.39, 0.29) is 12.1 Å². The molecule has 3 N–H and O–H groups in total. The Morgan fingerprint density at radius 2 is 1.94 bits per heavy atom. The number of nitrogens with two attached hydrogens (primary N) is 1. The molecule has 0 saturated carbocycles. The van der Waals surface area contributed by atoms with Crippen molar-refractivity contribution in [3.05, 3.63) is 42.4 Å². The maximum Gasteiger partial charge on any atom is 0.410 e. The van der Waals surface area contributed by atoms with Crippen LogP contribution >= 0.6 is 0 Å². The summed E-state index contributed by atoms with van der Waals surface area (Å²) < 4.78 is 7.71. The number of fused-ring (bicyclic) bond motifs is 1. The molecule has 1 fully saturated rings. The Bertz CT molecular complexity index is 1090. The predicted octanol–water partition coefficient (Wildman–Crippen LogP) is 4.64. The fourth-order valence-corrected chi connectivity index (χ4v) is 3.97. The fourth-order valence-electron chi connectivity index (χ4n) is 3.97. The Labute approximate surface area is 182 Å². The van der Waals surface area contributed by atoms with E-state index in [4.69, 9.17) is 10.5 Å². The topological polar surface area (TPSA) is 98.3 Å². The second kappa shape index (κ2) is 8.09. The third-order valence-electron chi connectivity index (χ3n) is 5.52. The van der Waals surface area contributed by atoms with Crippen LogP contribution in [0.5, 0.6) is 0 Å². The van der Waals surface area contributed by atoms with Crippen LogP contribution < -0.4 is 11.1 Å². The van der Waals surface area contributed by atoms with E-state index in [1.165, 1.54) is 0 Å². The van der Waals surface area contributed by atoms with Crippen molar-refractivity contribution in [2.24, 2.45) is 0 Å². The summed E-state index contributed by atoms with van der Waals surface area (Å²) in [7, 11) is 0. The fraction of sp³-hybridized carbons (Fsp3) is 0.435. The maximum atomic E-state index is 12.3. The number of carbonyl (C=O) groups is 1. The highest BCUT2D eigenvalue weighted by Gasteiger charge is 2.28. The number of aryl methyl sites for hydroxylation is 1. The third-order valence-corrected chi connectivity index (χ3v) is 5.52. The van der Waals surface area contributed by atoms with Crippen LogP contribution in [0.25, 0.3) is 11.0 Å². The van der Waals surface area contributed by atoms with E-state index >= 15 is 0 Å². The van der Waals surface area contributed by atoms with Crippen LogP contribution in [-0.4, -0.2) is 44.2 Å². The number of hydrogen-bond acceptors (Lipinski definition) is 6. The smallest absolute Gasteiger partial charge is 0.410 e. The standard InChI is InChI=1S/C23H30N6O2/c1-15-13-16(24)5-6-19(15)27-20-18-9-12-29(21(18)26-14-25-20)17-7-10-28(11-8-17)22(30)31-23(2,3)4/h5-6,9,12-14,17H,7-8,10-11,24H2,1-4H3,(H,25,26,27). The first kappa shape index (κ1) is 21.0. The molecule has 3 heterocycles. The van der Waals surface area contributed by atoms with Gasteiger partial charge in [-0.3, -0.25) is 0 Å². The highest BCUT2D eigenvalue weighted by molar-refractivity contribution is 5.89. The lowest BCUT2D eigenvalue weighted by Crippen LogP contribution is -2.42. The summed E-state index contributed by atoms with van der Waals surface area (Å²) in [4.78, 5) is 23.1. The number of nitrogen functional groups attached to an aromatic ring is 1. The lowest BCUT2D eigenvalue weighted by atomic mass is 10.1. The van der Waals surface area contributed by atoms with Crippen molar-refractivity contribution in [1.82, 2.24) is 19.4 Å². The molecule has 1 aliphatic rings. The average molecular weight is 423 g/mol. The molecule has 0 unspecified atom stereocenters. The SMILES string of the molecule is Cc1cc(N)ccc1Nc1ncnc2c1ccn2C1CCN(C(=O)OC(C)(C)C)CC1. The van der Waals surface area contributed by atoms with Crippen molar-refractivity contribution in [1.29, 1.82) is 0 Å². The molecular formula is C23H30N6O2. The second-order valence-electron chi connectivity index (χ2n) is 9.08. The second-order valence-corrected chi connectivity index (χ2v) is 9.08. The molecule has 164 valence electrons. The number of rotatable bonds is 3. The van der Waals surface area contributed by atoms with Crippen molar-refractivity contribution in [2.75, 3.05) is 24.1 Å². The molecule has 2 aromatic heterocycles. The summed E-state index contributed by atoms with van der Waals surface area (Å²) in [5.74, 6) is 0.766. The van der Waals surface area contributed by atoms with E-state index < -0.39 is 5.60 Å². The minimum Gasteiger partial charge on any atom is -0.444 e. The average Bonchev–Trinajstić information content (AvgIpc) is 3.14. The Morgan fingerprint density at radius 1 is 1.19 bits per heavy atom. The Hall–Kier alpha value is -3.29. The summed E-state index contributed by atoms with van der Waals surface area (Å²) >= 11 is 0. The molecule has 1 aliphatic heterocycles. The van der Waals surface area contributed by atoms with Gasteiger partial charge in [-0.1, -0.05) is 0 Å². The Kier molecular flexibility index (Phi) is 5.47. The molecular weight excluding hydrogens is 392 g/mol. The van der Waals surface area contributed by atoms with Crippen molar-refractivity contribution in [2.45, 2.75) is 52.2 Å². The first-order chi connectivity index (χ1) is 14.7. The van der Waals surface area contributed by atoms with Crippen LogP contribution in [0.1, 0.15) is 45.2 Å². The van der Waals surface area contributed by atoms with E-state index in [1.807, 2.05) is 52.0 Å². The van der Waals surface area contributed by atoms with Gasteiger partial charge in [0, 0.05) is 36.7 Å². The monoisotopic (exact) mass is 422 g/mol. The van der Waals surface area contributed by atoms with E-state index in [0.717, 1.165) is 46.6 Å². The van der Waals surface area contributed by atoms with Crippen LogP contribution in [0.15, 0.2) is 36.8 Å². The summed E-state index contributed by atoms with van der Waals surface area (Å²) in [6.07, 6.45) is 5.12. The van der Waals surface area contributed by atoms with Crippen LogP contribution in [-0.2, 0) is 4.74 Å². The summed E-state index contributed by atoms with van der Waals surface area (Å²) in [6, 6.07) is 8.09. The number of benzene rings is 1. The van der Waals surface area contributed by atoms with Gasteiger partial charge in [0.2, 0.25) is 0 Å². The molecule has 31 heavy (non-hydrogen) atoms. The quantitative estimate of drug-likeness (QED) is 0.597. The zero-order chi connectivity index (χ0) is 22.2. The maximum absolute atomic E-state index is 12.3. The predicted molar refractivity (Wildman–Crippen MR) is 122 cm³/mol. The highest BCUT2D eigenvalue weighted by Crippen LogP contribution is 2.31. The zero-order valence-corrected chi connectivity index (χ0v) is 18.6. The highest BCUT2D eigenvalue weighted by atomic mass is 16.6. The lowest BCUT2D eigenvalue weighted by molar-refractivity contribution is 0.0189. The number of carbonyl (C=O) groups excluding carboxylic acids is 1. The van der Waals surface area contributed by atoms with Crippen LogP contribution in [0.4, 0.5) is 22.0 Å². The molecule has 8 heteroatoms. The molecule has 1 amide bonds. The first-order valence-corrected chi connectivity index (χ1v) is 10.6. The number of likely N-dealkylation sites (tertiary alicyclic amines) is 1. The molecule has 8 nitrogen and oxygen atoms in total. The number of amides is 1. The number of nitrogens with zero attached hydrogens (tertiary/aromatic N) is 4. The van der Waals surface area contributed by atoms with Gasteiger partial charge in [0.1, 0.15) is 23.4 Å². The number of nitrogens with one attached hydrogen (secondary N) is 1. The largest absolute Gasteiger partial charge is 0.444 e. The zero-order valence-electron chi connectivity index (χ0n) is 18.6. The molecule has 1 saturated heterocycles. The van der Waals surface area contributed by atoms with Gasteiger partial charge >= 0.3 is 6.09 Å². The third kappa shape index (κ3) is 4.57. The van der Waals surface area contributed by atoms with E-state index in [1.54, 1.807) is 11.2 Å². The lowest BCUT2D eigenvalue weighted by Gasteiger charge is -2.34. The normalized spacial score (nSPS) is 15.3. The van der Waals surface area contributed by atoms with Gasteiger partial charge in [-0.05, 0) is 70.4 Å². The van der Waals surface area contributed by atoms with E-state index in [9.17, 15) is 4.79 Å². The van der Waals surface area contributed by atoms with Gasteiger partial charge < -0.3 is 25.3 Å². The van der Waals surface area contributed by atoms with Gasteiger partial charge in [0.25, 0.3) is 0 Å². The first-order valence-electron chi connectivity index (χ1n) is 10.6. The molecule has 0 spiro atoms. The van der Waals surface area contributed by atoms with Crippen molar-refractivity contribution in [3.63, 3.8) is 0 Å². The van der Waals surface area contributed by atoms with Gasteiger partial charge in [-0.15, -0.1) is 0 Å². The van der Waals surface area contributed by atoms with E-state index in [2.05, 4.69) is 26.0 Å². The summed E-state index contributed by atoms with van der Waals surface area (Å²) in [5, 5.41) is 4.38. The molecule has 0 bridgehead atoms. The van der Waals surface area contributed by atoms with E-state index in [0.29, 0.717) is 13.1 Å². The number of anilines is 3. The summed E-state index contributed by atoms with van der Waals surface area (Å²) in [6.45, 7) is 9.02. The molecule has 0 atom stereocenters. The van der Waals surface area contributed by atoms with Crippen molar-refractivity contribution in [3.8, 4) is 0 Å². The number of piperidine rings is 1. The van der Waals surface area contributed by atoms with Gasteiger partial charge in [0.05, 0.1) is 5.39 Å². The minimum atomic E-state index is -0.478.